The standard InChI is InChI=1S/C35H70O2S.C3H6O2/c1-3-4-5-6-7-8-9-10-11-12-13-14-15-16-17-18-19-20-21-22-23-24-25-26-27-28-29-30-31-32-33-38-34(2)35(36)37;1-2-3(4)5/h34H,3-33H2,1-2H3,(H,36,37);2H2,1H3,(H,4,5). The number of carboxylic acid groups (broad SMARTS) is 2. The van der Waals surface area contributed by atoms with Crippen LogP contribution < -0.4 is 0 Å². The first kappa shape index (κ1) is 44.4. The summed E-state index contributed by atoms with van der Waals surface area (Å²) in [4.78, 5) is 20.1. The zero-order valence-corrected chi connectivity index (χ0v) is 30.1. The van der Waals surface area contributed by atoms with Crippen molar-refractivity contribution < 1.29 is 19.8 Å². The number of aliphatic carboxylic acids is 2. The van der Waals surface area contributed by atoms with E-state index in [9.17, 15) is 9.59 Å². The fraction of sp³-hybridized carbons (Fsp3) is 0.947. The number of hydrogen-bond donors (Lipinski definition) is 2. The van der Waals surface area contributed by atoms with Gasteiger partial charge in [-0.2, -0.15) is 0 Å². The Labute approximate surface area is 273 Å². The van der Waals surface area contributed by atoms with Crippen LogP contribution in [0, 0.1) is 0 Å². The van der Waals surface area contributed by atoms with Crippen molar-refractivity contribution in [2.45, 2.75) is 225 Å². The van der Waals surface area contributed by atoms with Crippen molar-refractivity contribution >= 4 is 23.7 Å². The van der Waals surface area contributed by atoms with Crippen molar-refractivity contribution in [2.75, 3.05) is 5.75 Å². The molecule has 0 aromatic heterocycles. The van der Waals surface area contributed by atoms with Crippen molar-refractivity contribution in [3.05, 3.63) is 0 Å². The summed E-state index contributed by atoms with van der Waals surface area (Å²) in [6.07, 6.45) is 43.2. The lowest BCUT2D eigenvalue weighted by atomic mass is 10.0. The van der Waals surface area contributed by atoms with E-state index in [-0.39, 0.29) is 11.7 Å². The van der Waals surface area contributed by atoms with E-state index in [1.165, 1.54) is 193 Å². The summed E-state index contributed by atoms with van der Waals surface area (Å²) >= 11 is 1.58. The monoisotopic (exact) mass is 629 g/mol. The maximum atomic E-state index is 10.8. The lowest BCUT2D eigenvalue weighted by Gasteiger charge is -2.06. The average Bonchev–Trinajstić information content (AvgIpc) is 3.00. The third-order valence-corrected chi connectivity index (χ3v) is 9.74. The Morgan fingerprint density at radius 1 is 0.442 bits per heavy atom. The Bertz CT molecular complexity index is 554. The lowest BCUT2D eigenvalue weighted by molar-refractivity contribution is -0.137. The lowest BCUT2D eigenvalue weighted by Crippen LogP contribution is -2.11. The number of unbranched alkanes of at least 4 members (excludes halogenated alkanes) is 29. The molecule has 0 saturated carbocycles. The normalized spacial score (nSPS) is 11.7. The molecule has 258 valence electrons. The van der Waals surface area contributed by atoms with Gasteiger partial charge in [-0.05, 0) is 19.1 Å². The van der Waals surface area contributed by atoms with Crippen LogP contribution in [0.3, 0.4) is 0 Å². The largest absolute Gasteiger partial charge is 0.481 e. The highest BCUT2D eigenvalue weighted by molar-refractivity contribution is 8.00. The Morgan fingerprint density at radius 3 is 0.837 bits per heavy atom. The Morgan fingerprint density at radius 2 is 0.651 bits per heavy atom. The van der Waals surface area contributed by atoms with Gasteiger partial charge in [0.2, 0.25) is 0 Å². The topological polar surface area (TPSA) is 74.6 Å². The molecule has 0 saturated heterocycles. The van der Waals surface area contributed by atoms with Crippen LogP contribution >= 0.6 is 11.8 Å². The van der Waals surface area contributed by atoms with E-state index in [0.717, 1.165) is 5.75 Å². The molecule has 5 heteroatoms. The first-order valence-electron chi connectivity index (χ1n) is 19.0. The van der Waals surface area contributed by atoms with Crippen molar-refractivity contribution in [3.63, 3.8) is 0 Å². The first-order chi connectivity index (χ1) is 21.0. The van der Waals surface area contributed by atoms with E-state index in [4.69, 9.17) is 10.2 Å². The molecule has 1 unspecified atom stereocenters. The zero-order valence-electron chi connectivity index (χ0n) is 29.3. The molecule has 0 aromatic carbocycles. The van der Waals surface area contributed by atoms with Crippen molar-refractivity contribution in [2.24, 2.45) is 0 Å². The van der Waals surface area contributed by atoms with Gasteiger partial charge in [0.25, 0.3) is 0 Å². The second-order valence-electron chi connectivity index (χ2n) is 12.9. The molecule has 0 aliphatic heterocycles. The van der Waals surface area contributed by atoms with Gasteiger partial charge >= 0.3 is 11.9 Å². The molecule has 0 bridgehead atoms. The molecule has 0 aromatic rings. The minimum Gasteiger partial charge on any atom is -0.481 e. The van der Waals surface area contributed by atoms with Gasteiger partial charge in [0.05, 0.1) is 5.25 Å². The van der Waals surface area contributed by atoms with Gasteiger partial charge in [-0.15, -0.1) is 11.8 Å². The molecule has 0 aliphatic carbocycles. The minimum absolute atomic E-state index is 0.222. The Balaban J connectivity index is 0. The second-order valence-corrected chi connectivity index (χ2v) is 14.3. The molecule has 2 N–H and O–H groups in total. The summed E-state index contributed by atoms with van der Waals surface area (Å²) in [5, 5.41) is 16.3. The molecule has 43 heavy (non-hydrogen) atoms. The zero-order chi connectivity index (χ0) is 32.1. The van der Waals surface area contributed by atoms with Crippen LogP contribution in [0.4, 0.5) is 0 Å². The average molecular weight is 629 g/mol. The summed E-state index contributed by atoms with van der Waals surface area (Å²) in [5.74, 6) is -0.432. The summed E-state index contributed by atoms with van der Waals surface area (Å²) in [5.41, 5.74) is 0. The summed E-state index contributed by atoms with van der Waals surface area (Å²) < 4.78 is 0. The predicted molar refractivity (Wildman–Crippen MR) is 192 cm³/mol. The summed E-state index contributed by atoms with van der Waals surface area (Å²) in [7, 11) is 0. The highest BCUT2D eigenvalue weighted by Gasteiger charge is 2.09. The smallest absolute Gasteiger partial charge is 0.316 e. The van der Waals surface area contributed by atoms with Gasteiger partial charge in [-0.3, -0.25) is 9.59 Å². The number of hydrogen-bond acceptors (Lipinski definition) is 3. The fourth-order valence-corrected chi connectivity index (χ4v) is 6.32. The maximum absolute atomic E-state index is 10.8. The molecule has 0 amide bonds. The number of carboxylic acids is 2. The SMILES string of the molecule is CCC(=O)O.CCCCCCCCCCCCCCCCCCCCCCCCCCCCCCCCSC(C)C(=O)O. The third kappa shape index (κ3) is 43.5. The van der Waals surface area contributed by atoms with Gasteiger partial charge in [-0.1, -0.05) is 200 Å². The van der Waals surface area contributed by atoms with E-state index in [1.54, 1.807) is 25.6 Å². The van der Waals surface area contributed by atoms with Gasteiger partial charge in [0.1, 0.15) is 0 Å². The quantitative estimate of drug-likeness (QED) is 0.0693. The molecule has 0 aliphatic rings. The van der Waals surface area contributed by atoms with Gasteiger partial charge in [0.15, 0.2) is 0 Å². The van der Waals surface area contributed by atoms with Crippen LogP contribution in [0.1, 0.15) is 220 Å². The van der Waals surface area contributed by atoms with Gasteiger partial charge in [0, 0.05) is 6.42 Å². The Hall–Kier alpha value is -0.710. The minimum atomic E-state index is -0.745. The molecule has 0 spiro atoms. The molecule has 0 rings (SSSR count). The summed E-state index contributed by atoms with van der Waals surface area (Å²) in [6.45, 7) is 5.69. The summed E-state index contributed by atoms with van der Waals surface area (Å²) in [6, 6.07) is 0. The molecular formula is C38H76O4S. The van der Waals surface area contributed by atoms with Crippen molar-refractivity contribution in [1.82, 2.24) is 0 Å². The van der Waals surface area contributed by atoms with Crippen LogP contribution in [0.5, 0.6) is 0 Å². The molecule has 4 nitrogen and oxygen atoms in total. The van der Waals surface area contributed by atoms with E-state index < -0.39 is 11.9 Å². The second kappa shape index (κ2) is 39.3. The van der Waals surface area contributed by atoms with E-state index in [1.807, 2.05) is 0 Å². The molecule has 0 heterocycles. The van der Waals surface area contributed by atoms with Crippen LogP contribution in [-0.4, -0.2) is 33.2 Å². The van der Waals surface area contributed by atoms with E-state index in [0.29, 0.717) is 0 Å². The predicted octanol–water partition coefficient (Wildman–Crippen LogP) is 13.4. The highest BCUT2D eigenvalue weighted by Crippen LogP contribution is 2.17. The molecule has 0 radical (unpaired) electrons. The van der Waals surface area contributed by atoms with Crippen molar-refractivity contribution in [1.29, 1.82) is 0 Å². The number of carbonyl (C=O) groups is 2. The van der Waals surface area contributed by atoms with E-state index in [2.05, 4.69) is 6.92 Å². The number of rotatable bonds is 34. The van der Waals surface area contributed by atoms with Gasteiger partial charge < -0.3 is 10.2 Å². The molecular weight excluding hydrogens is 552 g/mol. The van der Waals surface area contributed by atoms with Gasteiger partial charge in [-0.25, -0.2) is 0 Å². The van der Waals surface area contributed by atoms with E-state index >= 15 is 0 Å². The maximum Gasteiger partial charge on any atom is 0.316 e. The number of thioether (sulfide) groups is 1. The van der Waals surface area contributed by atoms with Crippen LogP contribution in [0.2, 0.25) is 0 Å². The highest BCUT2D eigenvalue weighted by atomic mass is 32.2. The van der Waals surface area contributed by atoms with Crippen LogP contribution in [-0.2, 0) is 9.59 Å². The molecule has 1 atom stereocenters. The van der Waals surface area contributed by atoms with Crippen LogP contribution in [0.25, 0.3) is 0 Å². The fourth-order valence-electron chi connectivity index (χ4n) is 5.46. The van der Waals surface area contributed by atoms with Crippen LogP contribution in [0.15, 0.2) is 0 Å². The van der Waals surface area contributed by atoms with Crippen molar-refractivity contribution in [3.8, 4) is 0 Å². The third-order valence-electron chi connectivity index (χ3n) is 8.52. The molecule has 0 fully saturated rings. The first-order valence-corrected chi connectivity index (χ1v) is 20.1. The Kier molecular flexibility index (Phi) is 40.6.